The van der Waals surface area contributed by atoms with Crippen molar-refractivity contribution < 1.29 is 19.1 Å². The fourth-order valence-corrected chi connectivity index (χ4v) is 1.76. The normalized spacial score (nSPS) is 10.5. The van der Waals surface area contributed by atoms with Crippen LogP contribution in [-0.2, 0) is 14.3 Å². The molecule has 5 nitrogen and oxygen atoms in total. The first-order valence-corrected chi connectivity index (χ1v) is 6.07. The van der Waals surface area contributed by atoms with Gasteiger partial charge < -0.3 is 14.5 Å². The van der Waals surface area contributed by atoms with Crippen LogP contribution in [0.2, 0.25) is 0 Å². The lowest BCUT2D eigenvalue weighted by Gasteiger charge is -2.07. The number of aromatic amines is 1. The molecule has 1 aromatic rings. The minimum atomic E-state index is -0.548. The molecule has 0 atom stereocenters. The van der Waals surface area contributed by atoms with Crippen LogP contribution >= 0.6 is 12.2 Å². The third-order valence-corrected chi connectivity index (χ3v) is 2.73. The Hall–Kier alpha value is -1.95. The predicted octanol–water partition coefficient (Wildman–Crippen LogP) is 2.42. The Morgan fingerprint density at radius 3 is 2.74 bits per heavy atom. The number of aromatic nitrogens is 1. The molecule has 1 rings (SSSR count). The third kappa shape index (κ3) is 3.75. The highest BCUT2D eigenvalue weighted by Gasteiger charge is 2.15. The lowest BCUT2D eigenvalue weighted by molar-refractivity contribution is -0.137. The van der Waals surface area contributed by atoms with Crippen molar-refractivity contribution in [3.05, 3.63) is 33.6 Å². The topological polar surface area (TPSA) is 68.4 Å². The highest BCUT2D eigenvalue weighted by molar-refractivity contribution is 7.71. The van der Waals surface area contributed by atoms with Gasteiger partial charge in [0.1, 0.15) is 10.2 Å². The first kappa shape index (κ1) is 15.1. The Balaban J connectivity index is 3.26. The summed E-state index contributed by atoms with van der Waals surface area (Å²) in [7, 11) is 1.28. The number of nitrogens with one attached hydrogen (secondary N) is 1. The zero-order valence-corrected chi connectivity index (χ0v) is 11.8. The summed E-state index contributed by atoms with van der Waals surface area (Å²) in [6.45, 7) is 3.80. The summed E-state index contributed by atoms with van der Waals surface area (Å²) >= 11 is 5.07. The molecule has 0 spiro atoms. The van der Waals surface area contributed by atoms with Gasteiger partial charge in [-0.3, -0.25) is 0 Å². The van der Waals surface area contributed by atoms with Gasteiger partial charge >= 0.3 is 11.9 Å². The maximum absolute atomic E-state index is 11.7. The van der Waals surface area contributed by atoms with E-state index in [9.17, 15) is 9.59 Å². The summed E-state index contributed by atoms with van der Waals surface area (Å²) < 4.78 is 9.74. The molecule has 0 saturated carbocycles. The number of esters is 2. The predicted molar refractivity (Wildman–Crippen MR) is 73.4 cm³/mol. The molecule has 0 bridgehead atoms. The van der Waals surface area contributed by atoms with E-state index in [1.54, 1.807) is 20.0 Å². The molecule has 0 saturated heterocycles. The molecule has 0 aromatic carbocycles. The van der Waals surface area contributed by atoms with Crippen molar-refractivity contribution in [2.45, 2.75) is 13.8 Å². The summed E-state index contributed by atoms with van der Waals surface area (Å²) in [5.74, 6) is -1.02. The first-order valence-electron chi connectivity index (χ1n) is 5.66. The van der Waals surface area contributed by atoms with E-state index in [1.807, 2.05) is 0 Å². The van der Waals surface area contributed by atoms with Gasteiger partial charge in [0, 0.05) is 12.3 Å². The van der Waals surface area contributed by atoms with E-state index in [0.29, 0.717) is 12.2 Å². The maximum atomic E-state index is 11.7. The van der Waals surface area contributed by atoms with Crippen LogP contribution in [0.1, 0.15) is 28.4 Å². The molecule has 0 fully saturated rings. The molecule has 0 amide bonds. The average molecular weight is 281 g/mol. The van der Waals surface area contributed by atoms with Gasteiger partial charge in [-0.25, -0.2) is 9.59 Å². The van der Waals surface area contributed by atoms with Crippen molar-refractivity contribution in [2.24, 2.45) is 0 Å². The number of hydrogen-bond acceptors (Lipinski definition) is 5. The molecular formula is C13H15NO4S. The molecule has 0 radical (unpaired) electrons. The Morgan fingerprint density at radius 1 is 1.47 bits per heavy atom. The van der Waals surface area contributed by atoms with Gasteiger partial charge in [-0.15, -0.1) is 0 Å². The van der Waals surface area contributed by atoms with Crippen LogP contribution in [0.4, 0.5) is 0 Å². The van der Waals surface area contributed by atoms with Gasteiger partial charge in [-0.05, 0) is 31.1 Å². The van der Waals surface area contributed by atoms with Crippen molar-refractivity contribution in [1.82, 2.24) is 4.98 Å². The Bertz CT molecular complexity index is 574. The van der Waals surface area contributed by atoms with Gasteiger partial charge in [0.05, 0.1) is 13.7 Å². The molecule has 0 unspecified atom stereocenters. The van der Waals surface area contributed by atoms with E-state index in [4.69, 9.17) is 21.7 Å². The average Bonchev–Trinajstić information content (AvgIpc) is 2.39. The fraction of sp³-hybridized carbons (Fsp3) is 0.308. The van der Waals surface area contributed by atoms with Crippen molar-refractivity contribution in [3.8, 4) is 0 Å². The van der Waals surface area contributed by atoms with Gasteiger partial charge in [0.2, 0.25) is 0 Å². The van der Waals surface area contributed by atoms with Crippen molar-refractivity contribution in [2.75, 3.05) is 13.7 Å². The van der Waals surface area contributed by atoms with E-state index in [1.165, 1.54) is 19.3 Å². The van der Waals surface area contributed by atoms with Crippen LogP contribution in [-0.4, -0.2) is 30.6 Å². The molecule has 0 aliphatic heterocycles. The van der Waals surface area contributed by atoms with Crippen LogP contribution in [0.15, 0.2) is 12.3 Å². The van der Waals surface area contributed by atoms with Crippen LogP contribution in [0.25, 0.3) is 6.08 Å². The van der Waals surface area contributed by atoms with Crippen LogP contribution in [0, 0.1) is 11.6 Å². The fourth-order valence-electron chi connectivity index (χ4n) is 1.50. The van der Waals surface area contributed by atoms with E-state index >= 15 is 0 Å². The number of H-pyrrole nitrogens is 1. The molecule has 1 N–H and O–H groups in total. The van der Waals surface area contributed by atoms with Gasteiger partial charge in [0.15, 0.2) is 0 Å². The quantitative estimate of drug-likeness (QED) is 0.521. The number of methoxy groups -OCH3 is 1. The zero-order valence-electron chi connectivity index (χ0n) is 11.0. The number of rotatable bonds is 4. The summed E-state index contributed by atoms with van der Waals surface area (Å²) in [4.78, 5) is 25.8. The Morgan fingerprint density at radius 2 is 2.16 bits per heavy atom. The van der Waals surface area contributed by atoms with Gasteiger partial charge in [0.25, 0.3) is 0 Å². The van der Waals surface area contributed by atoms with E-state index in [2.05, 4.69) is 4.98 Å². The first-order chi connectivity index (χ1) is 9.01. The molecule has 1 heterocycles. The lowest BCUT2D eigenvalue weighted by Crippen LogP contribution is -2.08. The number of carbonyl (C=O) groups is 2. The Labute approximate surface area is 116 Å². The van der Waals surface area contributed by atoms with Crippen molar-refractivity contribution in [3.63, 3.8) is 0 Å². The second kappa shape index (κ2) is 6.84. The lowest BCUT2D eigenvalue weighted by atomic mass is 10.0. The smallest absolute Gasteiger partial charge is 0.341 e. The highest BCUT2D eigenvalue weighted by Crippen LogP contribution is 2.17. The number of ether oxygens (including phenoxy) is 2. The summed E-state index contributed by atoms with van der Waals surface area (Å²) in [6, 6.07) is 0. The second-order valence-electron chi connectivity index (χ2n) is 3.67. The van der Waals surface area contributed by atoms with Gasteiger partial charge in [-0.2, -0.15) is 0 Å². The van der Waals surface area contributed by atoms with Gasteiger partial charge in [-0.1, -0.05) is 12.2 Å². The SMILES string of the molecule is CCOC(=O)/C=C/c1c(C)c[nH]c(=S)c1C(=O)OC. The molecule has 6 heteroatoms. The zero-order chi connectivity index (χ0) is 14.4. The minimum absolute atomic E-state index is 0.234. The molecule has 102 valence electrons. The number of aryl methyl sites for hydroxylation is 1. The highest BCUT2D eigenvalue weighted by atomic mass is 32.1. The molecule has 0 aliphatic rings. The van der Waals surface area contributed by atoms with Crippen LogP contribution < -0.4 is 0 Å². The van der Waals surface area contributed by atoms with Crippen molar-refractivity contribution >= 4 is 30.2 Å². The van der Waals surface area contributed by atoms with E-state index < -0.39 is 11.9 Å². The third-order valence-electron chi connectivity index (χ3n) is 2.40. The maximum Gasteiger partial charge on any atom is 0.341 e. The van der Waals surface area contributed by atoms with E-state index in [-0.39, 0.29) is 10.2 Å². The summed E-state index contributed by atoms with van der Waals surface area (Å²) in [6.07, 6.45) is 4.43. The van der Waals surface area contributed by atoms with Crippen LogP contribution in [0.3, 0.4) is 0 Å². The van der Waals surface area contributed by atoms with Crippen LogP contribution in [0.5, 0.6) is 0 Å². The monoisotopic (exact) mass is 281 g/mol. The minimum Gasteiger partial charge on any atom is -0.465 e. The standard InChI is InChI=1S/C13H15NO4S/c1-4-18-10(15)6-5-9-8(2)7-14-12(19)11(9)13(16)17-3/h5-7H,4H2,1-3H3,(H,14,19)/b6-5+. The molecule has 0 aliphatic carbocycles. The number of pyridine rings is 1. The Kier molecular flexibility index (Phi) is 5.44. The molecular weight excluding hydrogens is 266 g/mol. The van der Waals surface area contributed by atoms with Crippen molar-refractivity contribution in [1.29, 1.82) is 0 Å². The molecule has 1 aromatic heterocycles. The van der Waals surface area contributed by atoms with E-state index in [0.717, 1.165) is 5.56 Å². The number of hydrogen-bond donors (Lipinski definition) is 1. The molecule has 19 heavy (non-hydrogen) atoms. The second-order valence-corrected chi connectivity index (χ2v) is 4.07. The summed E-state index contributed by atoms with van der Waals surface area (Å²) in [5.41, 5.74) is 1.55. The summed E-state index contributed by atoms with van der Waals surface area (Å²) in [5, 5.41) is 0. The number of carbonyl (C=O) groups excluding carboxylic acids is 2. The largest absolute Gasteiger partial charge is 0.465 e.